The third kappa shape index (κ3) is 3.67. The Bertz CT molecular complexity index is 343. The molecule has 0 radical (unpaired) electrons. The van der Waals surface area contributed by atoms with E-state index in [0.29, 0.717) is 6.54 Å². The summed E-state index contributed by atoms with van der Waals surface area (Å²) >= 11 is 0. The van der Waals surface area contributed by atoms with Gasteiger partial charge in [-0.3, -0.25) is 9.59 Å². The minimum atomic E-state index is -2.86. The summed E-state index contributed by atoms with van der Waals surface area (Å²) in [5.74, 6) is -6.81. The average Bonchev–Trinajstić information content (AvgIpc) is 2.15. The summed E-state index contributed by atoms with van der Waals surface area (Å²) in [6.45, 7) is 3.40. The quantitative estimate of drug-likeness (QED) is 0.374. The molecule has 5 N–H and O–H groups in total. The van der Waals surface area contributed by atoms with Gasteiger partial charge in [-0.05, 0) is 13.5 Å². The molecular weight excluding hydrogens is 246 g/mol. The number of carbonyl (C=O) groups is 3. The predicted octanol–water partition coefficient (Wildman–Crippen LogP) is -1.02. The van der Waals surface area contributed by atoms with E-state index in [1.165, 1.54) is 6.92 Å². The van der Waals surface area contributed by atoms with E-state index in [9.17, 15) is 19.5 Å². The van der Waals surface area contributed by atoms with Gasteiger partial charge in [-0.2, -0.15) is 0 Å². The van der Waals surface area contributed by atoms with Crippen LogP contribution in [0, 0.1) is 5.92 Å². The van der Waals surface area contributed by atoms with Crippen LogP contribution >= 0.6 is 0 Å². The zero-order valence-corrected chi connectivity index (χ0v) is 10.1. The molecule has 0 aliphatic rings. The highest BCUT2D eigenvalue weighted by atomic mass is 16.4. The summed E-state index contributed by atoms with van der Waals surface area (Å²) in [4.78, 5) is 32.7. The first-order valence-corrected chi connectivity index (χ1v) is 5.30. The van der Waals surface area contributed by atoms with E-state index >= 15 is 0 Å². The van der Waals surface area contributed by atoms with E-state index in [0.717, 1.165) is 0 Å². The van der Waals surface area contributed by atoms with Crippen LogP contribution in [0.15, 0.2) is 0 Å². The second-order valence-corrected chi connectivity index (χ2v) is 3.96. The Labute approximate surface area is 103 Å². The number of nitrogens with one attached hydrogen (secondary N) is 1. The third-order valence-electron chi connectivity index (χ3n) is 2.60. The molecule has 8 heteroatoms. The van der Waals surface area contributed by atoms with Gasteiger partial charge in [0.15, 0.2) is 5.60 Å². The fourth-order valence-corrected chi connectivity index (χ4v) is 1.82. The highest BCUT2D eigenvalue weighted by Crippen LogP contribution is 2.26. The fraction of sp³-hybridized carbons (Fsp3) is 0.700. The number of rotatable bonds is 8. The van der Waals surface area contributed by atoms with Crippen molar-refractivity contribution in [3.8, 4) is 0 Å². The van der Waals surface area contributed by atoms with E-state index in [1.54, 1.807) is 6.92 Å². The van der Waals surface area contributed by atoms with Crippen molar-refractivity contribution in [1.29, 1.82) is 0 Å². The summed E-state index contributed by atoms with van der Waals surface area (Å²) in [6.07, 6.45) is -1.19. The monoisotopic (exact) mass is 263 g/mol. The summed E-state index contributed by atoms with van der Waals surface area (Å²) in [6, 6.07) is -0.895. The third-order valence-corrected chi connectivity index (χ3v) is 2.60. The van der Waals surface area contributed by atoms with E-state index in [1.807, 2.05) is 0 Å². The first-order valence-electron chi connectivity index (χ1n) is 5.30. The summed E-state index contributed by atoms with van der Waals surface area (Å²) in [5.41, 5.74) is -2.86. The Morgan fingerprint density at radius 2 is 1.72 bits per heavy atom. The van der Waals surface area contributed by atoms with Gasteiger partial charge in [-0.25, -0.2) is 4.79 Å². The predicted molar refractivity (Wildman–Crippen MR) is 59.1 cm³/mol. The van der Waals surface area contributed by atoms with Crippen molar-refractivity contribution in [2.24, 2.45) is 5.92 Å². The van der Waals surface area contributed by atoms with Gasteiger partial charge >= 0.3 is 17.9 Å². The molecule has 18 heavy (non-hydrogen) atoms. The zero-order valence-electron chi connectivity index (χ0n) is 10.1. The van der Waals surface area contributed by atoms with Gasteiger partial charge in [-0.15, -0.1) is 0 Å². The van der Waals surface area contributed by atoms with Gasteiger partial charge in [0.05, 0.1) is 6.42 Å². The zero-order chi connectivity index (χ0) is 14.5. The van der Waals surface area contributed by atoms with Gasteiger partial charge in [0, 0.05) is 6.04 Å². The molecule has 0 aromatic rings. The first-order chi connectivity index (χ1) is 8.16. The maximum atomic E-state index is 11.1. The average molecular weight is 263 g/mol. The molecule has 0 aromatic carbocycles. The number of carboxylic acids is 3. The van der Waals surface area contributed by atoms with Gasteiger partial charge in [0.25, 0.3) is 0 Å². The molecule has 0 saturated heterocycles. The number of hydrogen-bond acceptors (Lipinski definition) is 5. The number of carboxylic acid groups (broad SMARTS) is 3. The Morgan fingerprint density at radius 1 is 1.22 bits per heavy atom. The van der Waals surface area contributed by atoms with Crippen LogP contribution in [0.3, 0.4) is 0 Å². The van der Waals surface area contributed by atoms with Gasteiger partial charge < -0.3 is 25.7 Å². The molecule has 0 aromatic heterocycles. The summed E-state index contributed by atoms with van der Waals surface area (Å²) < 4.78 is 0. The summed E-state index contributed by atoms with van der Waals surface area (Å²) in [7, 11) is 0. The lowest BCUT2D eigenvalue weighted by Crippen LogP contribution is -2.57. The topological polar surface area (TPSA) is 144 Å². The van der Waals surface area contributed by atoms with Crippen LogP contribution in [0.1, 0.15) is 20.3 Å². The maximum absolute atomic E-state index is 11.1. The lowest BCUT2D eigenvalue weighted by molar-refractivity contribution is -0.180. The smallest absolute Gasteiger partial charge is 0.337 e. The van der Waals surface area contributed by atoms with Crippen molar-refractivity contribution in [3.63, 3.8) is 0 Å². The minimum absolute atomic E-state index is 0.355. The second kappa shape index (κ2) is 6.31. The molecule has 0 aliphatic heterocycles. The van der Waals surface area contributed by atoms with Crippen molar-refractivity contribution < 1.29 is 34.8 Å². The number of aliphatic carboxylic acids is 3. The highest BCUT2D eigenvalue weighted by Gasteiger charge is 2.52. The molecule has 3 unspecified atom stereocenters. The van der Waals surface area contributed by atoms with Crippen molar-refractivity contribution in [2.75, 3.05) is 6.54 Å². The maximum Gasteiger partial charge on any atom is 0.337 e. The van der Waals surface area contributed by atoms with Crippen LogP contribution in [-0.4, -0.2) is 56.5 Å². The van der Waals surface area contributed by atoms with Crippen LogP contribution in [0.5, 0.6) is 0 Å². The number of aliphatic hydroxyl groups is 1. The summed E-state index contributed by atoms with van der Waals surface area (Å²) in [5, 5.41) is 39.1. The molecule has 8 nitrogen and oxygen atoms in total. The molecular formula is C10H17NO7. The molecule has 0 fully saturated rings. The van der Waals surface area contributed by atoms with Gasteiger partial charge in [0.1, 0.15) is 5.92 Å². The van der Waals surface area contributed by atoms with Crippen molar-refractivity contribution in [2.45, 2.75) is 31.9 Å². The second-order valence-electron chi connectivity index (χ2n) is 3.96. The van der Waals surface area contributed by atoms with E-state index in [2.05, 4.69) is 5.32 Å². The SMILES string of the molecule is CCNC(C)C(C(=O)O)C(O)(CC(=O)O)C(=O)O. The normalized spacial score (nSPS) is 17.5. The van der Waals surface area contributed by atoms with E-state index < -0.39 is 41.9 Å². The van der Waals surface area contributed by atoms with Crippen LogP contribution in [0.25, 0.3) is 0 Å². The number of hydrogen-bond donors (Lipinski definition) is 5. The van der Waals surface area contributed by atoms with Crippen molar-refractivity contribution in [3.05, 3.63) is 0 Å². The van der Waals surface area contributed by atoms with Gasteiger partial charge in [-0.1, -0.05) is 6.92 Å². The largest absolute Gasteiger partial charge is 0.481 e. The Balaban J connectivity index is 5.43. The van der Waals surface area contributed by atoms with Crippen LogP contribution in [-0.2, 0) is 14.4 Å². The lowest BCUT2D eigenvalue weighted by atomic mass is 9.80. The van der Waals surface area contributed by atoms with Crippen LogP contribution in [0.4, 0.5) is 0 Å². The first kappa shape index (κ1) is 16.3. The minimum Gasteiger partial charge on any atom is -0.481 e. The molecule has 104 valence electrons. The molecule has 0 aliphatic carbocycles. The Morgan fingerprint density at radius 3 is 2.00 bits per heavy atom. The molecule has 0 saturated carbocycles. The van der Waals surface area contributed by atoms with Crippen molar-refractivity contribution >= 4 is 17.9 Å². The molecule has 0 heterocycles. The molecule has 0 amide bonds. The molecule has 0 spiro atoms. The highest BCUT2D eigenvalue weighted by molar-refractivity contribution is 5.90. The standard InChI is InChI=1S/C10H17NO7/c1-3-11-5(2)7(8(14)15)10(18,9(16)17)4-6(12)13/h5,7,11,18H,3-4H2,1-2H3,(H,12,13)(H,14,15)(H,16,17). The lowest BCUT2D eigenvalue weighted by Gasteiger charge is -2.32. The van der Waals surface area contributed by atoms with E-state index in [4.69, 9.17) is 15.3 Å². The molecule has 0 rings (SSSR count). The Kier molecular flexibility index (Phi) is 5.73. The van der Waals surface area contributed by atoms with Crippen LogP contribution in [0.2, 0.25) is 0 Å². The molecule has 0 bridgehead atoms. The van der Waals surface area contributed by atoms with Crippen molar-refractivity contribution in [1.82, 2.24) is 5.32 Å². The fourth-order valence-electron chi connectivity index (χ4n) is 1.82. The van der Waals surface area contributed by atoms with Crippen LogP contribution < -0.4 is 5.32 Å². The Hall–Kier alpha value is -1.67. The molecule has 3 atom stereocenters. The van der Waals surface area contributed by atoms with E-state index in [-0.39, 0.29) is 0 Å². The van der Waals surface area contributed by atoms with Gasteiger partial charge in [0.2, 0.25) is 0 Å².